The predicted octanol–water partition coefficient (Wildman–Crippen LogP) is 2.45. The molecule has 0 aliphatic carbocycles. The molecule has 92 valence electrons. The second-order valence-electron chi connectivity index (χ2n) is 4.01. The van der Waals surface area contributed by atoms with E-state index in [4.69, 9.17) is 0 Å². The maximum atomic E-state index is 11.9. The van der Waals surface area contributed by atoms with Crippen LogP contribution in [-0.2, 0) is 6.54 Å². The quantitative estimate of drug-likeness (QED) is 0.800. The number of rotatable bonds is 5. The molecule has 1 aromatic carbocycles. The number of nitrogens with one attached hydrogen (secondary N) is 1. The first-order valence-corrected chi connectivity index (χ1v) is 5.89. The molecule has 0 aliphatic rings. The van der Waals surface area contributed by atoms with Gasteiger partial charge in [0.05, 0.1) is 0 Å². The highest BCUT2D eigenvalue weighted by Crippen LogP contribution is 2.07. The van der Waals surface area contributed by atoms with Gasteiger partial charge in [-0.2, -0.15) is 0 Å². The van der Waals surface area contributed by atoms with Crippen LogP contribution in [0.15, 0.2) is 61.3 Å². The van der Waals surface area contributed by atoms with Crippen LogP contribution in [0, 0.1) is 0 Å². The van der Waals surface area contributed by atoms with Gasteiger partial charge in [-0.15, -0.1) is 6.58 Å². The van der Waals surface area contributed by atoms with Crippen molar-refractivity contribution in [1.82, 2.24) is 9.88 Å². The molecule has 2 rings (SSSR count). The Bertz CT molecular complexity index is 528. The summed E-state index contributed by atoms with van der Waals surface area (Å²) in [5, 5.41) is 2.78. The lowest BCUT2D eigenvalue weighted by molar-refractivity contribution is 0.0949. The Labute approximate surface area is 107 Å². The van der Waals surface area contributed by atoms with Crippen LogP contribution in [0.25, 0.3) is 0 Å². The van der Waals surface area contributed by atoms with Crippen molar-refractivity contribution in [1.29, 1.82) is 0 Å². The monoisotopic (exact) mass is 240 g/mol. The second kappa shape index (κ2) is 5.87. The average Bonchev–Trinajstić information content (AvgIpc) is 2.85. The lowest BCUT2D eigenvalue weighted by Crippen LogP contribution is -2.25. The van der Waals surface area contributed by atoms with E-state index in [0.717, 1.165) is 0 Å². The van der Waals surface area contributed by atoms with E-state index in [2.05, 4.69) is 11.9 Å². The van der Waals surface area contributed by atoms with Crippen molar-refractivity contribution in [2.75, 3.05) is 6.54 Å². The molecule has 2 aromatic rings. The zero-order chi connectivity index (χ0) is 12.8. The Morgan fingerprint density at radius 3 is 2.72 bits per heavy atom. The topological polar surface area (TPSA) is 34.0 Å². The van der Waals surface area contributed by atoms with Crippen molar-refractivity contribution in [2.45, 2.75) is 6.54 Å². The minimum Gasteiger partial charge on any atom is -0.347 e. The van der Waals surface area contributed by atoms with Crippen LogP contribution >= 0.6 is 0 Å². The molecule has 18 heavy (non-hydrogen) atoms. The van der Waals surface area contributed by atoms with Crippen molar-refractivity contribution in [3.63, 3.8) is 0 Å². The fourth-order valence-electron chi connectivity index (χ4n) is 1.79. The van der Waals surface area contributed by atoms with Gasteiger partial charge in [0, 0.05) is 19.3 Å². The number of hydrogen-bond acceptors (Lipinski definition) is 1. The van der Waals surface area contributed by atoms with E-state index in [0.29, 0.717) is 18.8 Å². The molecule has 3 heteroatoms. The first-order chi connectivity index (χ1) is 8.81. The Morgan fingerprint density at radius 1 is 1.22 bits per heavy atom. The van der Waals surface area contributed by atoms with Crippen LogP contribution in [0.2, 0.25) is 0 Å². The lowest BCUT2D eigenvalue weighted by Gasteiger charge is -2.09. The van der Waals surface area contributed by atoms with Crippen molar-refractivity contribution >= 4 is 5.91 Å². The molecule has 0 unspecified atom stereocenters. The normalized spacial score (nSPS) is 10.0. The summed E-state index contributed by atoms with van der Waals surface area (Å²) in [6, 6.07) is 13.8. The Morgan fingerprint density at radius 2 is 2.00 bits per heavy atom. The summed E-state index contributed by atoms with van der Waals surface area (Å²) in [7, 11) is 0. The summed E-state index contributed by atoms with van der Waals surface area (Å²) in [5.74, 6) is -0.0733. The van der Waals surface area contributed by atoms with Crippen molar-refractivity contribution in [3.8, 4) is 0 Å². The van der Waals surface area contributed by atoms with E-state index in [1.54, 1.807) is 6.08 Å². The highest BCUT2D eigenvalue weighted by Gasteiger charge is 2.09. The van der Waals surface area contributed by atoms with E-state index < -0.39 is 0 Å². The number of nitrogens with zero attached hydrogens (tertiary/aromatic N) is 1. The van der Waals surface area contributed by atoms with Crippen molar-refractivity contribution < 1.29 is 4.79 Å². The van der Waals surface area contributed by atoms with Crippen LogP contribution in [0.1, 0.15) is 16.1 Å². The number of amides is 1. The first kappa shape index (κ1) is 12.2. The van der Waals surface area contributed by atoms with Crippen LogP contribution in [0.4, 0.5) is 0 Å². The Kier molecular flexibility index (Phi) is 3.97. The lowest BCUT2D eigenvalue weighted by atomic mass is 10.2. The van der Waals surface area contributed by atoms with Gasteiger partial charge >= 0.3 is 0 Å². The molecule has 1 heterocycles. The second-order valence-corrected chi connectivity index (χ2v) is 4.01. The maximum Gasteiger partial charge on any atom is 0.268 e. The largest absolute Gasteiger partial charge is 0.347 e. The van der Waals surface area contributed by atoms with Crippen LogP contribution in [0.3, 0.4) is 0 Å². The molecule has 0 saturated carbocycles. The molecule has 0 saturated heterocycles. The summed E-state index contributed by atoms with van der Waals surface area (Å²) in [5.41, 5.74) is 1.84. The number of aromatic nitrogens is 1. The van der Waals surface area contributed by atoms with Crippen LogP contribution in [-0.4, -0.2) is 17.0 Å². The van der Waals surface area contributed by atoms with Gasteiger partial charge in [-0.3, -0.25) is 4.79 Å². The first-order valence-electron chi connectivity index (χ1n) is 5.89. The number of hydrogen-bond donors (Lipinski definition) is 1. The smallest absolute Gasteiger partial charge is 0.268 e. The molecular weight excluding hydrogens is 224 g/mol. The molecule has 0 spiro atoms. The third-order valence-electron chi connectivity index (χ3n) is 2.66. The molecule has 3 nitrogen and oxygen atoms in total. The van der Waals surface area contributed by atoms with E-state index in [9.17, 15) is 4.79 Å². The fraction of sp³-hybridized carbons (Fsp3) is 0.133. The predicted molar refractivity (Wildman–Crippen MR) is 72.5 cm³/mol. The molecule has 0 bridgehead atoms. The molecular formula is C15H16N2O. The van der Waals surface area contributed by atoms with E-state index in [-0.39, 0.29) is 5.91 Å². The Hall–Kier alpha value is -2.29. The summed E-state index contributed by atoms with van der Waals surface area (Å²) < 4.78 is 1.94. The zero-order valence-electron chi connectivity index (χ0n) is 10.2. The van der Waals surface area contributed by atoms with Gasteiger partial charge in [0.1, 0.15) is 5.69 Å². The van der Waals surface area contributed by atoms with E-state index >= 15 is 0 Å². The summed E-state index contributed by atoms with van der Waals surface area (Å²) in [4.78, 5) is 11.9. The molecule has 0 radical (unpaired) electrons. The summed E-state index contributed by atoms with van der Waals surface area (Å²) >= 11 is 0. The standard InChI is InChI=1S/C15H16N2O/c1-2-10-16-15(18)14-9-6-11-17(14)12-13-7-4-3-5-8-13/h2-9,11H,1,10,12H2,(H,16,18). The molecule has 0 aliphatic heterocycles. The highest BCUT2D eigenvalue weighted by atomic mass is 16.1. The van der Waals surface area contributed by atoms with Gasteiger partial charge in [-0.1, -0.05) is 36.4 Å². The minimum atomic E-state index is -0.0733. The van der Waals surface area contributed by atoms with Crippen molar-refractivity contribution in [3.05, 3.63) is 72.6 Å². The molecule has 1 amide bonds. The van der Waals surface area contributed by atoms with Gasteiger partial charge in [0.25, 0.3) is 5.91 Å². The SMILES string of the molecule is C=CCNC(=O)c1cccn1Cc1ccccc1. The third-order valence-corrected chi connectivity index (χ3v) is 2.66. The number of carbonyl (C=O) groups is 1. The molecule has 1 N–H and O–H groups in total. The maximum absolute atomic E-state index is 11.9. The number of carbonyl (C=O) groups excluding carboxylic acids is 1. The van der Waals surface area contributed by atoms with Crippen LogP contribution < -0.4 is 5.32 Å². The molecule has 0 fully saturated rings. The minimum absolute atomic E-state index is 0.0733. The molecule has 0 atom stereocenters. The van der Waals surface area contributed by atoms with E-state index in [1.165, 1.54) is 5.56 Å². The average molecular weight is 240 g/mol. The number of benzene rings is 1. The molecule has 1 aromatic heterocycles. The highest BCUT2D eigenvalue weighted by molar-refractivity contribution is 5.92. The van der Waals surface area contributed by atoms with Crippen molar-refractivity contribution in [2.24, 2.45) is 0 Å². The van der Waals surface area contributed by atoms with Crippen LogP contribution in [0.5, 0.6) is 0 Å². The van der Waals surface area contributed by atoms with Gasteiger partial charge in [-0.05, 0) is 17.7 Å². The van der Waals surface area contributed by atoms with Gasteiger partial charge in [0.2, 0.25) is 0 Å². The fourth-order valence-corrected chi connectivity index (χ4v) is 1.79. The van der Waals surface area contributed by atoms with Gasteiger partial charge in [0.15, 0.2) is 0 Å². The van der Waals surface area contributed by atoms with E-state index in [1.807, 2.05) is 53.2 Å². The zero-order valence-corrected chi connectivity index (χ0v) is 10.2. The van der Waals surface area contributed by atoms with Gasteiger partial charge < -0.3 is 9.88 Å². The van der Waals surface area contributed by atoms with Gasteiger partial charge in [-0.25, -0.2) is 0 Å². The summed E-state index contributed by atoms with van der Waals surface area (Å²) in [6.07, 6.45) is 3.58. The Balaban J connectivity index is 2.13. The third kappa shape index (κ3) is 2.88. The summed E-state index contributed by atoms with van der Waals surface area (Å²) in [6.45, 7) is 4.76.